The molecule has 0 bridgehead atoms. The number of carbonyl (C=O) groups is 1. The van der Waals surface area contributed by atoms with Gasteiger partial charge in [0, 0.05) is 35.2 Å². The minimum absolute atomic E-state index is 0.0312. The number of carboxylic acids is 1. The molecule has 2 unspecified atom stereocenters. The van der Waals surface area contributed by atoms with E-state index in [-0.39, 0.29) is 12.0 Å². The smallest absolute Gasteiger partial charge is 0.307 e. The van der Waals surface area contributed by atoms with Crippen molar-refractivity contribution in [3.63, 3.8) is 0 Å². The van der Waals surface area contributed by atoms with Crippen LogP contribution >= 0.6 is 0 Å². The van der Waals surface area contributed by atoms with E-state index in [1.54, 1.807) is 7.11 Å². The van der Waals surface area contributed by atoms with Gasteiger partial charge in [0.25, 0.3) is 0 Å². The highest BCUT2D eigenvalue weighted by Crippen LogP contribution is 2.35. The maximum absolute atomic E-state index is 11.0. The third-order valence-electron chi connectivity index (χ3n) is 3.76. The quantitative estimate of drug-likeness (QED) is 0.788. The van der Waals surface area contributed by atoms with Crippen LogP contribution < -0.4 is 10.1 Å². The Balaban J connectivity index is 1.97. The molecule has 2 atom stereocenters. The van der Waals surface area contributed by atoms with Crippen LogP contribution in [0.15, 0.2) is 24.4 Å². The predicted molar refractivity (Wildman–Crippen MR) is 71.3 cm³/mol. The zero-order valence-corrected chi connectivity index (χ0v) is 10.6. The van der Waals surface area contributed by atoms with E-state index in [0.29, 0.717) is 13.0 Å². The van der Waals surface area contributed by atoms with Crippen molar-refractivity contribution in [3.05, 3.63) is 30.0 Å². The monoisotopic (exact) mass is 260 g/mol. The van der Waals surface area contributed by atoms with Crippen LogP contribution in [-0.4, -0.2) is 29.7 Å². The second kappa shape index (κ2) is 4.59. The average molecular weight is 260 g/mol. The van der Waals surface area contributed by atoms with Crippen molar-refractivity contribution >= 4 is 16.9 Å². The minimum Gasteiger partial charge on any atom is -0.496 e. The van der Waals surface area contributed by atoms with Crippen molar-refractivity contribution < 1.29 is 14.6 Å². The first kappa shape index (κ1) is 12.0. The zero-order valence-electron chi connectivity index (χ0n) is 10.6. The number of nitrogens with one attached hydrogen (secondary N) is 2. The first-order valence-electron chi connectivity index (χ1n) is 6.30. The Morgan fingerprint density at radius 2 is 2.32 bits per heavy atom. The van der Waals surface area contributed by atoms with Crippen LogP contribution in [0.3, 0.4) is 0 Å². The Morgan fingerprint density at radius 3 is 3.00 bits per heavy atom. The van der Waals surface area contributed by atoms with E-state index in [1.807, 2.05) is 24.4 Å². The van der Waals surface area contributed by atoms with E-state index < -0.39 is 5.97 Å². The van der Waals surface area contributed by atoms with Crippen LogP contribution in [0.2, 0.25) is 0 Å². The Kier molecular flexibility index (Phi) is 2.91. The van der Waals surface area contributed by atoms with Gasteiger partial charge in [-0.2, -0.15) is 0 Å². The molecule has 1 aromatic heterocycles. The molecule has 0 spiro atoms. The van der Waals surface area contributed by atoms with Gasteiger partial charge in [-0.3, -0.25) is 4.79 Å². The van der Waals surface area contributed by atoms with Gasteiger partial charge in [-0.25, -0.2) is 0 Å². The highest BCUT2D eigenvalue weighted by atomic mass is 16.5. The number of methoxy groups -OCH3 is 1. The topological polar surface area (TPSA) is 74.4 Å². The van der Waals surface area contributed by atoms with Crippen molar-refractivity contribution in [1.82, 2.24) is 10.3 Å². The fourth-order valence-electron chi connectivity index (χ4n) is 2.71. The van der Waals surface area contributed by atoms with Gasteiger partial charge in [-0.1, -0.05) is 0 Å². The van der Waals surface area contributed by atoms with E-state index in [0.717, 1.165) is 22.2 Å². The number of carboxylic acid groups (broad SMARTS) is 1. The van der Waals surface area contributed by atoms with Gasteiger partial charge >= 0.3 is 5.97 Å². The number of H-pyrrole nitrogens is 1. The average Bonchev–Trinajstić information content (AvgIpc) is 3.05. The number of benzene rings is 1. The maximum atomic E-state index is 11.0. The molecule has 5 nitrogen and oxygen atoms in total. The van der Waals surface area contributed by atoms with Gasteiger partial charge in [-0.05, 0) is 24.6 Å². The number of rotatable bonds is 3. The highest BCUT2D eigenvalue weighted by molar-refractivity contribution is 5.82. The summed E-state index contributed by atoms with van der Waals surface area (Å²) in [6.07, 6.45) is 2.48. The molecule has 19 heavy (non-hydrogen) atoms. The molecule has 100 valence electrons. The predicted octanol–water partition coefficient (Wildman–Crippen LogP) is 1.91. The normalized spacial score (nSPS) is 22.8. The van der Waals surface area contributed by atoms with E-state index >= 15 is 0 Å². The van der Waals surface area contributed by atoms with Crippen LogP contribution in [0.25, 0.3) is 10.9 Å². The summed E-state index contributed by atoms with van der Waals surface area (Å²) >= 11 is 0. The van der Waals surface area contributed by atoms with Crippen molar-refractivity contribution in [1.29, 1.82) is 0 Å². The molecule has 2 aromatic rings. The number of aromatic amines is 1. The first-order chi connectivity index (χ1) is 9.19. The van der Waals surface area contributed by atoms with Gasteiger partial charge in [0.2, 0.25) is 0 Å². The standard InChI is InChI=1S/C14H16N2O3/c1-19-13-5-8-2-3-15-11(8)6-10(13)12-4-9(7-16-12)14(17)18/h2-3,5-6,9,12,15-16H,4,7H2,1H3,(H,17,18). The molecule has 0 saturated carbocycles. The van der Waals surface area contributed by atoms with Crippen molar-refractivity contribution in [2.45, 2.75) is 12.5 Å². The first-order valence-corrected chi connectivity index (χ1v) is 6.30. The lowest BCUT2D eigenvalue weighted by Gasteiger charge is -2.15. The van der Waals surface area contributed by atoms with Gasteiger partial charge < -0.3 is 20.1 Å². The fourth-order valence-corrected chi connectivity index (χ4v) is 2.71. The Morgan fingerprint density at radius 1 is 1.47 bits per heavy atom. The summed E-state index contributed by atoms with van der Waals surface area (Å²) in [6.45, 7) is 0.506. The van der Waals surface area contributed by atoms with Crippen molar-refractivity contribution in [3.8, 4) is 5.75 Å². The minimum atomic E-state index is -0.741. The molecule has 0 aliphatic carbocycles. The summed E-state index contributed by atoms with van der Waals surface area (Å²) < 4.78 is 5.43. The third-order valence-corrected chi connectivity index (χ3v) is 3.76. The van der Waals surface area contributed by atoms with Crippen molar-refractivity contribution in [2.75, 3.05) is 13.7 Å². The molecule has 2 heterocycles. The molecule has 3 N–H and O–H groups in total. The number of aromatic nitrogens is 1. The molecule has 3 rings (SSSR count). The molecule has 1 saturated heterocycles. The van der Waals surface area contributed by atoms with E-state index in [4.69, 9.17) is 9.84 Å². The van der Waals surface area contributed by atoms with Crippen molar-refractivity contribution in [2.24, 2.45) is 5.92 Å². The lowest BCUT2D eigenvalue weighted by molar-refractivity contribution is -0.141. The Hall–Kier alpha value is -2.01. The summed E-state index contributed by atoms with van der Waals surface area (Å²) in [7, 11) is 1.64. The number of hydrogen-bond acceptors (Lipinski definition) is 3. The fraction of sp³-hybridized carbons (Fsp3) is 0.357. The molecule has 0 amide bonds. The van der Waals surface area contributed by atoms with Crippen LogP contribution in [0, 0.1) is 5.92 Å². The number of ether oxygens (including phenoxy) is 1. The molecule has 1 aliphatic heterocycles. The summed E-state index contributed by atoms with van der Waals surface area (Å²) in [4.78, 5) is 14.2. The largest absolute Gasteiger partial charge is 0.496 e. The highest BCUT2D eigenvalue weighted by Gasteiger charge is 2.31. The van der Waals surface area contributed by atoms with Crippen LogP contribution in [-0.2, 0) is 4.79 Å². The molecule has 1 aromatic carbocycles. The van der Waals surface area contributed by atoms with Gasteiger partial charge in [0.1, 0.15) is 5.75 Å². The SMILES string of the molecule is COc1cc2cc[nH]c2cc1C1CC(C(=O)O)CN1. The third kappa shape index (κ3) is 2.06. The van der Waals surface area contributed by atoms with E-state index in [2.05, 4.69) is 10.3 Å². The number of aliphatic carboxylic acids is 1. The summed E-state index contributed by atoms with van der Waals surface area (Å²) in [5.41, 5.74) is 2.05. The molecule has 1 fully saturated rings. The Labute approximate surface area is 110 Å². The summed E-state index contributed by atoms with van der Waals surface area (Å²) in [6, 6.07) is 6.04. The van der Waals surface area contributed by atoms with Gasteiger partial charge in [0.15, 0.2) is 0 Å². The van der Waals surface area contributed by atoms with Gasteiger partial charge in [-0.15, -0.1) is 0 Å². The van der Waals surface area contributed by atoms with Crippen LogP contribution in [0.5, 0.6) is 5.75 Å². The lowest BCUT2D eigenvalue weighted by atomic mass is 9.98. The zero-order chi connectivity index (χ0) is 13.4. The summed E-state index contributed by atoms with van der Waals surface area (Å²) in [5, 5.41) is 13.4. The second-order valence-electron chi connectivity index (χ2n) is 4.89. The second-order valence-corrected chi connectivity index (χ2v) is 4.89. The lowest BCUT2D eigenvalue weighted by Crippen LogP contribution is -2.17. The molecular formula is C14H16N2O3. The van der Waals surface area contributed by atoms with E-state index in [1.165, 1.54) is 0 Å². The summed E-state index contributed by atoms with van der Waals surface area (Å²) in [5.74, 6) is -0.264. The Bertz CT molecular complexity index is 620. The molecular weight excluding hydrogens is 244 g/mol. The van der Waals surface area contributed by atoms with Crippen LogP contribution in [0.4, 0.5) is 0 Å². The maximum Gasteiger partial charge on any atom is 0.307 e. The molecule has 1 aliphatic rings. The van der Waals surface area contributed by atoms with Crippen LogP contribution in [0.1, 0.15) is 18.0 Å². The molecule has 0 radical (unpaired) electrons. The van der Waals surface area contributed by atoms with E-state index in [9.17, 15) is 4.79 Å². The molecule has 5 heteroatoms. The number of hydrogen-bond donors (Lipinski definition) is 3. The van der Waals surface area contributed by atoms with Gasteiger partial charge in [0.05, 0.1) is 13.0 Å². The number of fused-ring (bicyclic) bond motifs is 1.